The number of hydrogen-bond acceptors (Lipinski definition) is 6. The van der Waals surface area contributed by atoms with Crippen LogP contribution in [0.15, 0.2) is 42.5 Å². The van der Waals surface area contributed by atoms with Gasteiger partial charge >= 0.3 is 12.5 Å². The zero-order valence-electron chi connectivity index (χ0n) is 19.9. The van der Waals surface area contributed by atoms with Gasteiger partial charge in [0.1, 0.15) is 5.82 Å². The fourth-order valence-electron chi connectivity index (χ4n) is 3.89. The molecule has 0 unspecified atom stereocenters. The van der Waals surface area contributed by atoms with Crippen LogP contribution in [0.4, 0.5) is 35.0 Å². The number of amides is 2. The van der Waals surface area contributed by atoms with Crippen molar-refractivity contribution in [3.63, 3.8) is 0 Å². The molecule has 36 heavy (non-hydrogen) atoms. The number of benzene rings is 2. The summed E-state index contributed by atoms with van der Waals surface area (Å²) in [5.74, 6) is -2.51. The highest BCUT2D eigenvalue weighted by Crippen LogP contribution is 2.27. The SMILES string of the molecule is C[C@@H](CNC(=O)C(F)F)CN(C(=O)O)c1ccc(N2CCON(Cc3cccc(N)c3)CC2)c(F)c1. The van der Waals surface area contributed by atoms with E-state index in [1.165, 1.54) is 12.1 Å². The van der Waals surface area contributed by atoms with E-state index >= 15 is 4.39 Å². The minimum atomic E-state index is -3.15. The Morgan fingerprint density at radius 3 is 2.64 bits per heavy atom. The van der Waals surface area contributed by atoms with Gasteiger partial charge in [-0.1, -0.05) is 19.1 Å². The van der Waals surface area contributed by atoms with Crippen LogP contribution in [-0.4, -0.2) is 67.9 Å². The molecule has 196 valence electrons. The quantitative estimate of drug-likeness (QED) is 0.446. The van der Waals surface area contributed by atoms with E-state index in [4.69, 9.17) is 10.6 Å². The molecule has 9 nitrogen and oxygen atoms in total. The zero-order chi connectivity index (χ0) is 26.2. The first-order valence-corrected chi connectivity index (χ1v) is 11.5. The smallest absolute Gasteiger partial charge is 0.411 e. The fraction of sp³-hybridized carbons (Fsp3) is 0.417. The number of nitrogens with two attached hydrogens (primary N) is 1. The highest BCUT2D eigenvalue weighted by atomic mass is 19.3. The second kappa shape index (κ2) is 12.5. The first-order valence-electron chi connectivity index (χ1n) is 11.5. The Balaban J connectivity index is 1.63. The summed E-state index contributed by atoms with van der Waals surface area (Å²) < 4.78 is 39.8. The maximum absolute atomic E-state index is 15.1. The lowest BCUT2D eigenvalue weighted by Crippen LogP contribution is -2.39. The third kappa shape index (κ3) is 7.49. The van der Waals surface area contributed by atoms with Crippen LogP contribution in [0.1, 0.15) is 12.5 Å². The Morgan fingerprint density at radius 1 is 1.19 bits per heavy atom. The minimum Gasteiger partial charge on any atom is -0.465 e. The van der Waals surface area contributed by atoms with Gasteiger partial charge in [-0.2, -0.15) is 13.8 Å². The number of nitrogen functional groups attached to an aromatic ring is 1. The van der Waals surface area contributed by atoms with E-state index in [0.717, 1.165) is 16.5 Å². The molecular weight excluding hydrogens is 479 g/mol. The van der Waals surface area contributed by atoms with Crippen LogP contribution in [0.3, 0.4) is 0 Å². The average Bonchev–Trinajstić information content (AvgIpc) is 3.06. The van der Waals surface area contributed by atoms with Crippen LogP contribution in [-0.2, 0) is 16.2 Å². The van der Waals surface area contributed by atoms with Crippen molar-refractivity contribution in [2.75, 3.05) is 54.9 Å². The maximum Gasteiger partial charge on any atom is 0.411 e. The Labute approximate surface area is 207 Å². The number of alkyl halides is 2. The Morgan fingerprint density at radius 2 is 1.97 bits per heavy atom. The van der Waals surface area contributed by atoms with Crippen molar-refractivity contribution in [3.8, 4) is 0 Å². The average molecular weight is 510 g/mol. The molecule has 3 rings (SSSR count). The van der Waals surface area contributed by atoms with E-state index in [1.807, 2.05) is 23.1 Å². The van der Waals surface area contributed by atoms with Gasteiger partial charge in [0.2, 0.25) is 0 Å². The van der Waals surface area contributed by atoms with Gasteiger partial charge in [-0.15, -0.1) is 0 Å². The monoisotopic (exact) mass is 509 g/mol. The third-order valence-corrected chi connectivity index (χ3v) is 5.70. The summed E-state index contributed by atoms with van der Waals surface area (Å²) in [5, 5.41) is 13.5. The second-order valence-electron chi connectivity index (χ2n) is 8.61. The fourth-order valence-corrected chi connectivity index (χ4v) is 3.89. The van der Waals surface area contributed by atoms with E-state index in [2.05, 4.69) is 5.32 Å². The second-order valence-corrected chi connectivity index (χ2v) is 8.61. The molecule has 1 saturated heterocycles. The van der Waals surface area contributed by atoms with Gasteiger partial charge in [-0.25, -0.2) is 9.18 Å². The van der Waals surface area contributed by atoms with E-state index in [1.54, 1.807) is 18.1 Å². The third-order valence-electron chi connectivity index (χ3n) is 5.70. The minimum absolute atomic E-state index is 0.102. The van der Waals surface area contributed by atoms with Crippen LogP contribution in [0, 0.1) is 11.7 Å². The molecule has 4 N–H and O–H groups in total. The topological polar surface area (TPSA) is 111 Å². The summed E-state index contributed by atoms with van der Waals surface area (Å²) in [4.78, 5) is 31.4. The predicted octanol–water partition coefficient (Wildman–Crippen LogP) is 3.16. The molecule has 1 aliphatic rings. The van der Waals surface area contributed by atoms with E-state index in [9.17, 15) is 23.5 Å². The molecule has 0 radical (unpaired) electrons. The van der Waals surface area contributed by atoms with Gasteiger partial charge in [0.25, 0.3) is 5.91 Å². The van der Waals surface area contributed by atoms with Gasteiger partial charge in [0.05, 0.1) is 18.0 Å². The summed E-state index contributed by atoms with van der Waals surface area (Å²) >= 11 is 0. The van der Waals surface area contributed by atoms with Crippen molar-refractivity contribution in [2.24, 2.45) is 5.92 Å². The summed E-state index contributed by atoms with van der Waals surface area (Å²) in [6, 6.07) is 11.6. The first-order chi connectivity index (χ1) is 17.1. The summed E-state index contributed by atoms with van der Waals surface area (Å²) in [6.07, 6.45) is -4.47. The summed E-state index contributed by atoms with van der Waals surface area (Å²) in [7, 11) is 0. The summed E-state index contributed by atoms with van der Waals surface area (Å²) in [6.45, 7) is 3.64. The van der Waals surface area contributed by atoms with Crippen molar-refractivity contribution in [3.05, 3.63) is 53.8 Å². The van der Waals surface area contributed by atoms with E-state index < -0.39 is 30.2 Å². The van der Waals surface area contributed by atoms with Crippen LogP contribution in [0.25, 0.3) is 0 Å². The number of hydroxylamine groups is 2. The molecule has 0 bridgehead atoms. The Bertz CT molecular complexity index is 1060. The number of rotatable bonds is 9. The standard InChI is InChI=1S/C24H30F3N5O4/c1-16(13-29-23(33)22(26)27)14-32(24(34)35)19-5-6-21(20(25)12-19)30-7-8-31(36-10-9-30)15-17-3-2-4-18(28)11-17/h2-6,11-12,16,22H,7-10,13-15,28H2,1H3,(H,29,33)(H,34,35)/t16-/m0/s1. The van der Waals surface area contributed by atoms with Crippen molar-refractivity contribution < 1.29 is 32.7 Å². The molecule has 2 aromatic rings. The van der Waals surface area contributed by atoms with E-state index in [-0.39, 0.29) is 18.8 Å². The van der Waals surface area contributed by atoms with Gasteiger partial charge in [0.15, 0.2) is 0 Å². The molecule has 2 aromatic carbocycles. The number of halogens is 3. The van der Waals surface area contributed by atoms with Crippen LogP contribution in [0.2, 0.25) is 0 Å². The molecule has 1 atom stereocenters. The zero-order valence-corrected chi connectivity index (χ0v) is 19.9. The number of hydrogen-bond donors (Lipinski definition) is 3. The van der Waals surface area contributed by atoms with Crippen molar-refractivity contribution >= 4 is 29.1 Å². The molecular formula is C24H30F3N5O4. The number of carboxylic acid groups (broad SMARTS) is 1. The molecule has 0 spiro atoms. The largest absolute Gasteiger partial charge is 0.465 e. The molecule has 1 fully saturated rings. The van der Waals surface area contributed by atoms with Gasteiger partial charge in [-0.3, -0.25) is 14.5 Å². The number of anilines is 3. The van der Waals surface area contributed by atoms with Crippen LogP contribution >= 0.6 is 0 Å². The maximum atomic E-state index is 15.1. The lowest BCUT2D eigenvalue weighted by Gasteiger charge is -2.26. The molecule has 0 aromatic heterocycles. The normalized spacial score (nSPS) is 15.4. The molecule has 12 heteroatoms. The molecule has 0 aliphatic carbocycles. The van der Waals surface area contributed by atoms with Gasteiger partial charge in [0, 0.05) is 45.0 Å². The molecule has 1 heterocycles. The lowest BCUT2D eigenvalue weighted by atomic mass is 10.1. The predicted molar refractivity (Wildman–Crippen MR) is 129 cm³/mol. The molecule has 2 amide bonds. The van der Waals surface area contributed by atoms with Gasteiger partial charge < -0.3 is 21.1 Å². The van der Waals surface area contributed by atoms with E-state index in [0.29, 0.717) is 44.2 Å². The highest BCUT2D eigenvalue weighted by molar-refractivity contribution is 5.86. The van der Waals surface area contributed by atoms with Crippen molar-refractivity contribution in [2.45, 2.75) is 19.9 Å². The molecule has 1 aliphatic heterocycles. The van der Waals surface area contributed by atoms with Crippen molar-refractivity contribution in [1.29, 1.82) is 0 Å². The highest BCUT2D eigenvalue weighted by Gasteiger charge is 2.23. The number of carbonyl (C=O) groups excluding carboxylic acids is 1. The van der Waals surface area contributed by atoms with Gasteiger partial charge in [-0.05, 0) is 41.8 Å². The Kier molecular flexibility index (Phi) is 9.37. The number of nitrogens with zero attached hydrogens (tertiary/aromatic N) is 3. The molecule has 0 saturated carbocycles. The summed E-state index contributed by atoms with van der Waals surface area (Å²) in [5.41, 5.74) is 7.91. The Hall–Kier alpha value is -3.51. The van der Waals surface area contributed by atoms with Crippen molar-refractivity contribution in [1.82, 2.24) is 10.4 Å². The van der Waals surface area contributed by atoms with Crippen LogP contribution < -0.4 is 20.9 Å². The number of carbonyl (C=O) groups is 2. The number of nitrogens with one attached hydrogen (secondary N) is 1. The lowest BCUT2D eigenvalue weighted by molar-refractivity contribution is -0.154. The first kappa shape index (κ1) is 27.1. The van der Waals surface area contributed by atoms with Crippen LogP contribution in [0.5, 0.6) is 0 Å².